The first-order valence-corrected chi connectivity index (χ1v) is 12.4. The lowest BCUT2D eigenvalue weighted by Crippen LogP contribution is -2.34. The first-order valence-electron chi connectivity index (χ1n) is 12.4. The van der Waals surface area contributed by atoms with E-state index in [0.717, 1.165) is 44.9 Å². The van der Waals surface area contributed by atoms with Crippen LogP contribution in [0.1, 0.15) is 16.7 Å². The Bertz CT molecular complexity index is 1530. The molecule has 1 heterocycles. The first kappa shape index (κ1) is 24.8. The quantitative estimate of drug-likeness (QED) is 0.245. The van der Waals surface area contributed by atoms with Gasteiger partial charge in [-0.25, -0.2) is 4.79 Å². The van der Waals surface area contributed by atoms with Crippen molar-refractivity contribution in [3.8, 4) is 28.3 Å². The maximum atomic E-state index is 13.3. The van der Waals surface area contributed by atoms with Crippen molar-refractivity contribution < 1.29 is 14.4 Å². The largest absolute Gasteiger partial charge is 0.497 e. The number of para-hydroxylation sites is 1. The molecule has 6 nitrogen and oxygen atoms in total. The Labute approximate surface area is 222 Å². The molecule has 6 heteroatoms. The van der Waals surface area contributed by atoms with Crippen molar-refractivity contribution in [1.82, 2.24) is 9.94 Å². The second kappa shape index (κ2) is 11.0. The Hall–Kier alpha value is -4.84. The molecule has 0 spiro atoms. The fourth-order valence-electron chi connectivity index (χ4n) is 4.44. The van der Waals surface area contributed by atoms with Gasteiger partial charge < -0.3 is 4.74 Å². The highest BCUT2D eigenvalue weighted by Gasteiger charge is 2.25. The highest BCUT2D eigenvalue weighted by molar-refractivity contribution is 5.87. The van der Waals surface area contributed by atoms with Crippen LogP contribution >= 0.6 is 0 Å². The van der Waals surface area contributed by atoms with Gasteiger partial charge in [0.1, 0.15) is 17.1 Å². The third-order valence-electron chi connectivity index (χ3n) is 6.52. The van der Waals surface area contributed by atoms with Gasteiger partial charge in [-0.15, -0.1) is 5.10 Å². The molecule has 4 aromatic carbocycles. The normalized spacial score (nSPS) is 10.7. The number of amides is 1. The van der Waals surface area contributed by atoms with Crippen molar-refractivity contribution in [3.63, 3.8) is 0 Å². The summed E-state index contributed by atoms with van der Waals surface area (Å²) in [6.07, 6.45) is 0.0638. The lowest BCUT2D eigenvalue weighted by atomic mass is 9.94. The van der Waals surface area contributed by atoms with E-state index in [-0.39, 0.29) is 0 Å². The SMILES string of the molecule is COc1ccc(-c2c(Cc3ccccc3)c(-c3ccccc3C)nn2OC(=O)N(C)c2ccccc2)cc1. The fourth-order valence-corrected chi connectivity index (χ4v) is 4.44. The van der Waals surface area contributed by atoms with Crippen molar-refractivity contribution in [1.29, 1.82) is 0 Å². The Morgan fingerprint density at radius 1 is 0.842 bits per heavy atom. The van der Waals surface area contributed by atoms with Crippen LogP contribution in [0.3, 0.4) is 0 Å². The molecular weight excluding hydrogens is 474 g/mol. The average molecular weight is 504 g/mol. The Kier molecular flexibility index (Phi) is 7.22. The monoisotopic (exact) mass is 503 g/mol. The highest BCUT2D eigenvalue weighted by atomic mass is 16.7. The molecule has 0 radical (unpaired) electrons. The van der Waals surface area contributed by atoms with Gasteiger partial charge in [0.2, 0.25) is 0 Å². The van der Waals surface area contributed by atoms with Gasteiger partial charge in [0.05, 0.1) is 7.11 Å². The van der Waals surface area contributed by atoms with E-state index in [1.165, 1.54) is 9.75 Å². The number of carbonyl (C=O) groups excluding carboxylic acids is 1. The van der Waals surface area contributed by atoms with Crippen LogP contribution in [0, 0.1) is 6.92 Å². The van der Waals surface area contributed by atoms with E-state index in [4.69, 9.17) is 14.7 Å². The van der Waals surface area contributed by atoms with Crippen molar-refractivity contribution >= 4 is 11.8 Å². The molecule has 190 valence electrons. The van der Waals surface area contributed by atoms with Crippen molar-refractivity contribution in [3.05, 3.63) is 126 Å². The number of carbonyl (C=O) groups is 1. The zero-order valence-electron chi connectivity index (χ0n) is 21.7. The molecule has 0 saturated carbocycles. The van der Waals surface area contributed by atoms with Gasteiger partial charge >= 0.3 is 6.09 Å². The van der Waals surface area contributed by atoms with Crippen LogP contribution in [0.25, 0.3) is 22.5 Å². The summed E-state index contributed by atoms with van der Waals surface area (Å²) < 4.78 is 5.38. The molecule has 1 aromatic heterocycles. The maximum absolute atomic E-state index is 13.3. The van der Waals surface area contributed by atoms with Gasteiger partial charge in [0.25, 0.3) is 0 Å². The van der Waals surface area contributed by atoms with Crippen LogP contribution in [0.4, 0.5) is 10.5 Å². The summed E-state index contributed by atoms with van der Waals surface area (Å²) in [5.41, 5.74) is 7.23. The fraction of sp³-hybridized carbons (Fsp3) is 0.125. The van der Waals surface area contributed by atoms with Gasteiger partial charge in [-0.05, 0) is 54.4 Å². The minimum atomic E-state index is -0.545. The van der Waals surface area contributed by atoms with Crippen LogP contribution in [0.2, 0.25) is 0 Å². The van der Waals surface area contributed by atoms with Crippen LogP contribution in [-0.4, -0.2) is 30.2 Å². The molecule has 0 bridgehead atoms. The molecule has 0 atom stereocenters. The van der Waals surface area contributed by atoms with E-state index in [2.05, 4.69) is 25.1 Å². The molecule has 1 amide bonds. The molecule has 0 N–H and O–H groups in total. The second-order valence-electron chi connectivity index (χ2n) is 9.01. The van der Waals surface area contributed by atoms with Crippen molar-refractivity contribution in [2.75, 3.05) is 19.1 Å². The number of hydrogen-bond acceptors (Lipinski definition) is 4. The predicted molar refractivity (Wildman–Crippen MR) is 150 cm³/mol. The number of aryl methyl sites for hydroxylation is 1. The van der Waals surface area contributed by atoms with Crippen LogP contribution in [-0.2, 0) is 6.42 Å². The summed E-state index contributed by atoms with van der Waals surface area (Å²) in [5, 5.41) is 4.89. The number of ether oxygens (including phenoxy) is 1. The molecule has 0 aliphatic heterocycles. The van der Waals surface area contributed by atoms with E-state index in [1.807, 2.05) is 91.0 Å². The summed E-state index contributed by atoms with van der Waals surface area (Å²) in [6.45, 7) is 2.06. The summed E-state index contributed by atoms with van der Waals surface area (Å²) >= 11 is 0. The van der Waals surface area contributed by atoms with Gasteiger partial charge in [-0.2, -0.15) is 0 Å². The topological polar surface area (TPSA) is 56.6 Å². The van der Waals surface area contributed by atoms with E-state index >= 15 is 0 Å². The lowest BCUT2D eigenvalue weighted by Gasteiger charge is -2.17. The molecule has 5 rings (SSSR count). The van der Waals surface area contributed by atoms with Crippen LogP contribution < -0.4 is 14.5 Å². The van der Waals surface area contributed by atoms with Crippen LogP contribution in [0.5, 0.6) is 5.75 Å². The first-order chi connectivity index (χ1) is 18.5. The molecule has 5 aromatic rings. The molecule has 38 heavy (non-hydrogen) atoms. The van der Waals surface area contributed by atoms with E-state index < -0.39 is 6.09 Å². The minimum absolute atomic E-state index is 0.545. The Morgan fingerprint density at radius 3 is 2.13 bits per heavy atom. The third-order valence-corrected chi connectivity index (χ3v) is 6.52. The molecule has 0 saturated heterocycles. The Morgan fingerprint density at radius 2 is 1.47 bits per heavy atom. The molecule has 0 aliphatic carbocycles. The summed E-state index contributed by atoms with van der Waals surface area (Å²) in [7, 11) is 3.32. The average Bonchev–Trinajstić information content (AvgIpc) is 3.30. The number of nitrogens with zero attached hydrogens (tertiary/aromatic N) is 3. The van der Waals surface area contributed by atoms with Crippen molar-refractivity contribution in [2.24, 2.45) is 0 Å². The maximum Gasteiger partial charge on any atom is 0.440 e. The van der Waals surface area contributed by atoms with Gasteiger partial charge in [-0.1, -0.05) is 77.6 Å². The number of aromatic nitrogens is 2. The number of benzene rings is 4. The summed E-state index contributed by atoms with van der Waals surface area (Å²) in [6, 6.07) is 35.4. The van der Waals surface area contributed by atoms with Gasteiger partial charge in [-0.3, -0.25) is 9.74 Å². The molecule has 0 aliphatic rings. The predicted octanol–water partition coefficient (Wildman–Crippen LogP) is 6.81. The second-order valence-corrected chi connectivity index (χ2v) is 9.01. The standard InChI is InChI=1S/C32H29N3O3/c1-23-12-10-11-17-28(23)30-29(22-24-13-6-4-7-14-24)31(25-18-20-27(37-3)21-19-25)35(33-30)38-32(36)34(2)26-15-8-5-9-16-26/h4-21H,22H2,1-3H3. The molecular formula is C32H29N3O3. The Balaban J connectivity index is 1.67. The summed E-state index contributed by atoms with van der Waals surface area (Å²) in [5.74, 6) is 0.740. The third kappa shape index (κ3) is 5.15. The van der Waals surface area contributed by atoms with Gasteiger partial charge in [0.15, 0.2) is 0 Å². The minimum Gasteiger partial charge on any atom is -0.497 e. The number of rotatable bonds is 7. The lowest BCUT2D eigenvalue weighted by molar-refractivity contribution is 0.126. The number of hydrogen-bond donors (Lipinski definition) is 0. The highest BCUT2D eigenvalue weighted by Crippen LogP contribution is 2.36. The van der Waals surface area contributed by atoms with E-state index in [1.54, 1.807) is 14.2 Å². The zero-order valence-corrected chi connectivity index (χ0v) is 21.7. The number of anilines is 1. The van der Waals surface area contributed by atoms with E-state index in [0.29, 0.717) is 12.1 Å². The van der Waals surface area contributed by atoms with Crippen LogP contribution in [0.15, 0.2) is 109 Å². The van der Waals surface area contributed by atoms with Crippen molar-refractivity contribution in [2.45, 2.75) is 13.3 Å². The summed E-state index contributed by atoms with van der Waals surface area (Å²) in [4.78, 5) is 22.1. The smallest absolute Gasteiger partial charge is 0.440 e. The molecule has 0 unspecified atom stereocenters. The molecule has 0 fully saturated rings. The van der Waals surface area contributed by atoms with Gasteiger partial charge in [0, 0.05) is 35.8 Å². The number of methoxy groups -OCH3 is 1. The zero-order chi connectivity index (χ0) is 26.5. The van der Waals surface area contributed by atoms with E-state index in [9.17, 15) is 4.79 Å².